The van der Waals surface area contributed by atoms with Gasteiger partial charge in [-0.1, -0.05) is 42.5 Å². The maximum atomic E-state index is 12.9. The molecule has 2 nitrogen and oxygen atoms in total. The van der Waals surface area contributed by atoms with Gasteiger partial charge < -0.3 is 4.74 Å². The zero-order valence-electron chi connectivity index (χ0n) is 11.0. The van der Waals surface area contributed by atoms with Gasteiger partial charge in [0.05, 0.1) is 6.61 Å². The Hall–Kier alpha value is -2.42. The SMILES string of the molecule is O=C(/C=C/c1cccc(F)c1)OCCc1ccccc1. The molecule has 0 radical (unpaired) electrons. The van der Waals surface area contributed by atoms with Crippen molar-refractivity contribution in [3.63, 3.8) is 0 Å². The highest BCUT2D eigenvalue weighted by molar-refractivity contribution is 5.87. The Morgan fingerprint density at radius 2 is 1.90 bits per heavy atom. The molecule has 0 aromatic heterocycles. The number of carbonyl (C=O) groups excluding carboxylic acids is 1. The second kappa shape index (κ2) is 7.24. The van der Waals surface area contributed by atoms with E-state index in [0.717, 1.165) is 5.56 Å². The number of hydrogen-bond donors (Lipinski definition) is 0. The van der Waals surface area contributed by atoms with Crippen LogP contribution in [0.3, 0.4) is 0 Å². The maximum Gasteiger partial charge on any atom is 0.330 e. The second-order valence-electron chi connectivity index (χ2n) is 4.29. The molecule has 102 valence electrons. The molecule has 0 spiro atoms. The van der Waals surface area contributed by atoms with Gasteiger partial charge in [0.2, 0.25) is 0 Å². The first-order valence-electron chi connectivity index (χ1n) is 6.38. The minimum absolute atomic E-state index is 0.329. The molecular weight excluding hydrogens is 255 g/mol. The molecular formula is C17H15FO2. The van der Waals surface area contributed by atoms with Crippen molar-refractivity contribution >= 4 is 12.0 Å². The Balaban J connectivity index is 1.78. The van der Waals surface area contributed by atoms with E-state index in [9.17, 15) is 9.18 Å². The molecule has 0 aliphatic rings. The number of ether oxygens (including phenoxy) is 1. The van der Waals surface area contributed by atoms with E-state index in [4.69, 9.17) is 4.74 Å². The topological polar surface area (TPSA) is 26.3 Å². The van der Waals surface area contributed by atoms with E-state index < -0.39 is 5.97 Å². The predicted octanol–water partition coefficient (Wildman–Crippen LogP) is 3.62. The van der Waals surface area contributed by atoms with Gasteiger partial charge in [-0.05, 0) is 29.3 Å². The van der Waals surface area contributed by atoms with Crippen LogP contribution in [0.25, 0.3) is 6.08 Å². The molecule has 0 heterocycles. The summed E-state index contributed by atoms with van der Waals surface area (Å²) in [7, 11) is 0. The van der Waals surface area contributed by atoms with Gasteiger partial charge in [-0.2, -0.15) is 0 Å². The summed E-state index contributed by atoms with van der Waals surface area (Å²) in [6, 6.07) is 15.8. The molecule has 2 aromatic carbocycles. The molecule has 0 bridgehead atoms. The van der Waals surface area contributed by atoms with Crippen molar-refractivity contribution in [2.24, 2.45) is 0 Å². The Morgan fingerprint density at radius 1 is 1.10 bits per heavy atom. The summed E-state index contributed by atoms with van der Waals surface area (Å²) in [6.07, 6.45) is 3.52. The molecule has 0 N–H and O–H groups in total. The zero-order chi connectivity index (χ0) is 14.2. The lowest BCUT2D eigenvalue weighted by Gasteiger charge is -2.02. The fraction of sp³-hybridized carbons (Fsp3) is 0.118. The Bertz CT molecular complexity index is 591. The summed E-state index contributed by atoms with van der Waals surface area (Å²) >= 11 is 0. The van der Waals surface area contributed by atoms with Crippen LogP contribution in [-0.4, -0.2) is 12.6 Å². The van der Waals surface area contributed by atoms with Gasteiger partial charge in [-0.15, -0.1) is 0 Å². The lowest BCUT2D eigenvalue weighted by molar-refractivity contribution is -0.137. The number of rotatable bonds is 5. The molecule has 0 unspecified atom stereocenters. The summed E-state index contributed by atoms with van der Waals surface area (Å²) in [6.45, 7) is 0.330. The van der Waals surface area contributed by atoms with Crippen LogP contribution in [0.1, 0.15) is 11.1 Å². The van der Waals surface area contributed by atoms with E-state index in [1.165, 1.54) is 24.3 Å². The first-order chi connectivity index (χ1) is 9.74. The monoisotopic (exact) mass is 270 g/mol. The van der Waals surface area contributed by atoms with Crippen molar-refractivity contribution in [1.29, 1.82) is 0 Å². The molecule has 0 amide bonds. The van der Waals surface area contributed by atoms with Crippen LogP contribution in [0.4, 0.5) is 4.39 Å². The van der Waals surface area contributed by atoms with Crippen LogP contribution in [0, 0.1) is 5.82 Å². The lowest BCUT2D eigenvalue weighted by atomic mass is 10.2. The Labute approximate surface area is 117 Å². The summed E-state index contributed by atoms with van der Waals surface area (Å²) < 4.78 is 18.0. The fourth-order valence-corrected chi connectivity index (χ4v) is 1.74. The summed E-state index contributed by atoms with van der Waals surface area (Å²) in [5.74, 6) is -0.755. The molecule has 3 heteroatoms. The third-order valence-corrected chi connectivity index (χ3v) is 2.74. The summed E-state index contributed by atoms with van der Waals surface area (Å²) in [5.41, 5.74) is 1.75. The van der Waals surface area contributed by atoms with E-state index >= 15 is 0 Å². The highest BCUT2D eigenvalue weighted by atomic mass is 19.1. The van der Waals surface area contributed by atoms with Gasteiger partial charge in [0, 0.05) is 12.5 Å². The smallest absolute Gasteiger partial charge is 0.330 e. The Kier molecular flexibility index (Phi) is 5.07. The van der Waals surface area contributed by atoms with Gasteiger partial charge in [0.1, 0.15) is 5.82 Å². The molecule has 0 saturated carbocycles. The van der Waals surface area contributed by atoms with Gasteiger partial charge in [0.15, 0.2) is 0 Å². The fourth-order valence-electron chi connectivity index (χ4n) is 1.74. The average Bonchev–Trinajstić information content (AvgIpc) is 2.46. The molecule has 0 fully saturated rings. The van der Waals surface area contributed by atoms with Crippen LogP contribution in [0.15, 0.2) is 60.7 Å². The zero-order valence-corrected chi connectivity index (χ0v) is 11.0. The van der Waals surface area contributed by atoms with Crippen molar-refractivity contribution in [1.82, 2.24) is 0 Å². The first kappa shape index (κ1) is 14.0. The van der Waals surface area contributed by atoms with Crippen LogP contribution >= 0.6 is 0 Å². The lowest BCUT2D eigenvalue weighted by Crippen LogP contribution is -2.04. The maximum absolute atomic E-state index is 12.9. The van der Waals surface area contributed by atoms with Crippen LogP contribution in [-0.2, 0) is 16.0 Å². The average molecular weight is 270 g/mol. The van der Waals surface area contributed by atoms with Gasteiger partial charge >= 0.3 is 5.97 Å². The predicted molar refractivity (Wildman–Crippen MR) is 76.5 cm³/mol. The van der Waals surface area contributed by atoms with E-state index in [1.807, 2.05) is 30.3 Å². The summed E-state index contributed by atoms with van der Waals surface area (Å²) in [5, 5.41) is 0. The van der Waals surface area contributed by atoms with Crippen LogP contribution in [0.2, 0.25) is 0 Å². The molecule has 2 aromatic rings. The van der Waals surface area contributed by atoms with Gasteiger partial charge in [-0.25, -0.2) is 9.18 Å². The standard InChI is InChI=1S/C17H15FO2/c18-16-8-4-7-15(13-16)9-10-17(19)20-12-11-14-5-2-1-3-6-14/h1-10,13H,11-12H2/b10-9+. The number of hydrogen-bond acceptors (Lipinski definition) is 2. The van der Waals surface area contributed by atoms with Crippen molar-refractivity contribution < 1.29 is 13.9 Å². The normalized spacial score (nSPS) is 10.7. The third kappa shape index (κ3) is 4.69. The second-order valence-corrected chi connectivity index (χ2v) is 4.29. The van der Waals surface area contributed by atoms with Crippen molar-refractivity contribution in [2.45, 2.75) is 6.42 Å². The molecule has 20 heavy (non-hydrogen) atoms. The number of esters is 1. The van der Waals surface area contributed by atoms with E-state index in [1.54, 1.807) is 12.1 Å². The van der Waals surface area contributed by atoms with E-state index in [2.05, 4.69) is 0 Å². The van der Waals surface area contributed by atoms with Gasteiger partial charge in [0.25, 0.3) is 0 Å². The van der Waals surface area contributed by atoms with E-state index in [0.29, 0.717) is 18.6 Å². The third-order valence-electron chi connectivity index (χ3n) is 2.74. The molecule has 0 atom stereocenters. The molecule has 2 rings (SSSR count). The quantitative estimate of drug-likeness (QED) is 0.612. The highest BCUT2D eigenvalue weighted by Crippen LogP contribution is 2.05. The van der Waals surface area contributed by atoms with E-state index in [-0.39, 0.29) is 5.82 Å². The van der Waals surface area contributed by atoms with Crippen molar-refractivity contribution in [3.05, 3.63) is 77.6 Å². The van der Waals surface area contributed by atoms with Gasteiger partial charge in [-0.3, -0.25) is 0 Å². The molecule has 0 saturated heterocycles. The number of benzene rings is 2. The van der Waals surface area contributed by atoms with Crippen molar-refractivity contribution in [2.75, 3.05) is 6.61 Å². The Morgan fingerprint density at radius 3 is 2.65 bits per heavy atom. The minimum Gasteiger partial charge on any atom is -0.462 e. The summed E-state index contributed by atoms with van der Waals surface area (Å²) in [4.78, 5) is 11.5. The molecule has 0 aliphatic carbocycles. The largest absolute Gasteiger partial charge is 0.462 e. The molecule has 0 aliphatic heterocycles. The first-order valence-corrected chi connectivity index (χ1v) is 6.38. The van der Waals surface area contributed by atoms with Crippen LogP contribution < -0.4 is 0 Å². The highest BCUT2D eigenvalue weighted by Gasteiger charge is 1.98. The van der Waals surface area contributed by atoms with Crippen molar-refractivity contribution in [3.8, 4) is 0 Å². The van der Waals surface area contributed by atoms with Crippen LogP contribution in [0.5, 0.6) is 0 Å². The minimum atomic E-state index is -0.426. The number of halogens is 1. The number of carbonyl (C=O) groups is 1.